The first-order valence-electron chi connectivity index (χ1n) is 8.95. The van der Waals surface area contributed by atoms with E-state index in [2.05, 4.69) is 5.32 Å². The molecule has 2 heterocycles. The second-order valence-corrected chi connectivity index (χ2v) is 7.81. The largest absolute Gasteiger partial charge is 0.488 e. The topological polar surface area (TPSA) is 88.1 Å². The van der Waals surface area contributed by atoms with Crippen molar-refractivity contribution >= 4 is 17.7 Å². The third-order valence-corrected chi connectivity index (χ3v) is 4.49. The number of aliphatic hydroxyl groups excluding tert-OH is 1. The number of hydrogen-bond donors (Lipinski definition) is 2. The molecule has 7 nitrogen and oxygen atoms in total. The number of ether oxygens (including phenoxy) is 2. The molecule has 2 atom stereocenters. The molecule has 0 aliphatic carbocycles. The van der Waals surface area contributed by atoms with Crippen molar-refractivity contribution < 1.29 is 24.2 Å². The Balaban J connectivity index is 1.66. The number of amides is 2. The summed E-state index contributed by atoms with van der Waals surface area (Å²) in [6.07, 6.45) is 1.07. The lowest BCUT2D eigenvalue weighted by Gasteiger charge is -2.27. The SMILES string of the molecule is CC(C)(C)OC(=O)N1C[C@@H](Oc2ccc3c(c2)NC(=O)CC3)C[C@@H]1CO. The number of benzene rings is 1. The number of nitrogens with zero attached hydrogens (tertiary/aromatic N) is 1. The van der Waals surface area contributed by atoms with Gasteiger partial charge in [-0.25, -0.2) is 4.79 Å². The molecular formula is C19H26N2O5. The number of carbonyl (C=O) groups is 2. The van der Waals surface area contributed by atoms with Crippen LogP contribution in [0.25, 0.3) is 0 Å². The van der Waals surface area contributed by atoms with Crippen molar-refractivity contribution in [1.29, 1.82) is 0 Å². The van der Waals surface area contributed by atoms with Crippen molar-refractivity contribution in [3.8, 4) is 5.75 Å². The first-order valence-corrected chi connectivity index (χ1v) is 8.95. The molecule has 1 aromatic carbocycles. The van der Waals surface area contributed by atoms with Crippen molar-refractivity contribution in [2.24, 2.45) is 0 Å². The van der Waals surface area contributed by atoms with E-state index >= 15 is 0 Å². The molecule has 2 aliphatic heterocycles. The first kappa shape index (κ1) is 18.5. The molecule has 0 aromatic heterocycles. The molecule has 2 N–H and O–H groups in total. The van der Waals surface area contributed by atoms with E-state index in [1.54, 1.807) is 0 Å². The quantitative estimate of drug-likeness (QED) is 0.862. The van der Waals surface area contributed by atoms with E-state index in [9.17, 15) is 14.7 Å². The van der Waals surface area contributed by atoms with Gasteiger partial charge in [-0.1, -0.05) is 6.07 Å². The summed E-state index contributed by atoms with van der Waals surface area (Å²) in [6, 6.07) is 5.32. The highest BCUT2D eigenvalue weighted by Gasteiger charge is 2.38. The minimum absolute atomic E-state index is 0.00645. The Kier molecular flexibility index (Phi) is 5.09. The first-order chi connectivity index (χ1) is 12.2. The van der Waals surface area contributed by atoms with Gasteiger partial charge in [0.25, 0.3) is 0 Å². The zero-order valence-corrected chi connectivity index (χ0v) is 15.4. The molecule has 1 saturated heterocycles. The second kappa shape index (κ2) is 7.15. The van der Waals surface area contributed by atoms with Gasteiger partial charge in [0.1, 0.15) is 17.5 Å². The van der Waals surface area contributed by atoms with Crippen LogP contribution in [0.1, 0.15) is 39.2 Å². The number of likely N-dealkylation sites (tertiary alicyclic amines) is 1. The van der Waals surface area contributed by atoms with Crippen molar-refractivity contribution in [3.05, 3.63) is 23.8 Å². The molecule has 0 bridgehead atoms. The molecule has 0 radical (unpaired) electrons. The van der Waals surface area contributed by atoms with Crippen LogP contribution in [0, 0.1) is 0 Å². The third kappa shape index (κ3) is 4.27. The van der Waals surface area contributed by atoms with Crippen LogP contribution in [0.5, 0.6) is 5.75 Å². The smallest absolute Gasteiger partial charge is 0.410 e. The summed E-state index contributed by atoms with van der Waals surface area (Å²) in [4.78, 5) is 25.4. The number of hydrogen-bond acceptors (Lipinski definition) is 5. The van der Waals surface area contributed by atoms with Gasteiger partial charge < -0.3 is 19.9 Å². The summed E-state index contributed by atoms with van der Waals surface area (Å²) >= 11 is 0. The molecule has 2 amide bonds. The van der Waals surface area contributed by atoms with Gasteiger partial charge in [0.2, 0.25) is 5.91 Å². The van der Waals surface area contributed by atoms with Crippen LogP contribution in [0.4, 0.5) is 10.5 Å². The lowest BCUT2D eigenvalue weighted by molar-refractivity contribution is -0.116. The summed E-state index contributed by atoms with van der Waals surface area (Å²) in [6.45, 7) is 5.64. The Hall–Kier alpha value is -2.28. The Morgan fingerprint density at radius 3 is 2.81 bits per heavy atom. The van der Waals surface area contributed by atoms with Gasteiger partial charge >= 0.3 is 6.09 Å². The number of rotatable bonds is 3. The van der Waals surface area contributed by atoms with Crippen LogP contribution >= 0.6 is 0 Å². The highest BCUT2D eigenvalue weighted by Crippen LogP contribution is 2.30. The van der Waals surface area contributed by atoms with Gasteiger partial charge in [-0.2, -0.15) is 0 Å². The molecule has 3 rings (SSSR count). The minimum Gasteiger partial charge on any atom is -0.488 e. The summed E-state index contributed by atoms with van der Waals surface area (Å²) < 4.78 is 11.4. The van der Waals surface area contributed by atoms with Crippen LogP contribution in [0.2, 0.25) is 0 Å². The summed E-state index contributed by atoms with van der Waals surface area (Å²) in [5.41, 5.74) is 1.28. The Bertz CT molecular complexity index is 698. The number of aliphatic hydroxyl groups is 1. The number of anilines is 1. The summed E-state index contributed by atoms with van der Waals surface area (Å²) in [7, 11) is 0. The number of nitrogens with one attached hydrogen (secondary N) is 1. The van der Waals surface area contributed by atoms with E-state index in [4.69, 9.17) is 9.47 Å². The molecule has 0 unspecified atom stereocenters. The van der Waals surface area contributed by atoms with Gasteiger partial charge in [-0.15, -0.1) is 0 Å². The molecular weight excluding hydrogens is 336 g/mol. The van der Waals surface area contributed by atoms with E-state index in [1.165, 1.54) is 4.90 Å². The van der Waals surface area contributed by atoms with Crippen molar-refractivity contribution in [2.45, 2.75) is 57.8 Å². The molecule has 26 heavy (non-hydrogen) atoms. The maximum absolute atomic E-state index is 12.3. The third-order valence-electron chi connectivity index (χ3n) is 4.49. The standard InChI is InChI=1S/C19H26N2O5/c1-19(2,3)26-18(24)21-10-15(8-13(21)11-22)25-14-6-4-12-5-7-17(23)20-16(12)9-14/h4,6,9,13,15,22H,5,7-8,10-11H2,1-3H3,(H,20,23)/t13-,15+/m1/s1. The summed E-state index contributed by atoms with van der Waals surface area (Å²) in [5, 5.41) is 12.5. The average molecular weight is 362 g/mol. The van der Waals surface area contributed by atoms with Crippen molar-refractivity contribution in [3.63, 3.8) is 0 Å². The number of fused-ring (bicyclic) bond motifs is 1. The van der Waals surface area contributed by atoms with E-state index in [0.29, 0.717) is 25.1 Å². The van der Waals surface area contributed by atoms with Gasteiger partial charge in [-0.05, 0) is 38.8 Å². The highest BCUT2D eigenvalue weighted by molar-refractivity contribution is 5.94. The predicted octanol–water partition coefficient (Wildman–Crippen LogP) is 2.32. The number of carbonyl (C=O) groups excluding carboxylic acids is 2. The van der Waals surface area contributed by atoms with Crippen LogP contribution in [-0.4, -0.2) is 52.9 Å². The fraction of sp³-hybridized carbons (Fsp3) is 0.579. The van der Waals surface area contributed by atoms with Crippen molar-refractivity contribution in [1.82, 2.24) is 4.90 Å². The zero-order chi connectivity index (χ0) is 18.9. The zero-order valence-electron chi connectivity index (χ0n) is 15.4. The average Bonchev–Trinajstić information content (AvgIpc) is 2.96. The molecule has 142 valence electrons. The van der Waals surface area contributed by atoms with Gasteiger partial charge in [0, 0.05) is 24.6 Å². The maximum Gasteiger partial charge on any atom is 0.410 e. The molecule has 1 fully saturated rings. The fourth-order valence-corrected chi connectivity index (χ4v) is 3.29. The van der Waals surface area contributed by atoms with Crippen molar-refractivity contribution in [2.75, 3.05) is 18.5 Å². The van der Waals surface area contributed by atoms with E-state index in [-0.39, 0.29) is 24.7 Å². The monoisotopic (exact) mass is 362 g/mol. The maximum atomic E-state index is 12.3. The van der Waals surface area contributed by atoms with Crippen LogP contribution < -0.4 is 10.1 Å². The Morgan fingerprint density at radius 1 is 1.35 bits per heavy atom. The predicted molar refractivity (Wildman–Crippen MR) is 96.2 cm³/mol. The molecule has 0 saturated carbocycles. The molecule has 0 spiro atoms. The Morgan fingerprint density at radius 2 is 2.12 bits per heavy atom. The molecule has 1 aromatic rings. The normalized spacial score (nSPS) is 22.6. The van der Waals surface area contributed by atoms with E-state index in [1.807, 2.05) is 39.0 Å². The lowest BCUT2D eigenvalue weighted by atomic mass is 10.0. The summed E-state index contributed by atoms with van der Waals surface area (Å²) in [5.74, 6) is 0.644. The molecule has 7 heteroatoms. The van der Waals surface area contributed by atoms with Gasteiger partial charge in [0.15, 0.2) is 0 Å². The van der Waals surface area contributed by atoms with E-state index < -0.39 is 11.7 Å². The molecule has 2 aliphatic rings. The minimum atomic E-state index is -0.591. The highest BCUT2D eigenvalue weighted by atomic mass is 16.6. The van der Waals surface area contributed by atoms with Gasteiger partial charge in [-0.3, -0.25) is 9.69 Å². The van der Waals surface area contributed by atoms with Crippen LogP contribution in [0.3, 0.4) is 0 Å². The fourth-order valence-electron chi connectivity index (χ4n) is 3.29. The number of aryl methyl sites for hydroxylation is 1. The van der Waals surface area contributed by atoms with Gasteiger partial charge in [0.05, 0.1) is 19.2 Å². The van der Waals surface area contributed by atoms with Crippen LogP contribution in [-0.2, 0) is 16.0 Å². The Labute approximate surface area is 153 Å². The van der Waals surface area contributed by atoms with Crippen LogP contribution in [0.15, 0.2) is 18.2 Å². The van der Waals surface area contributed by atoms with E-state index in [0.717, 1.165) is 17.7 Å². The second-order valence-electron chi connectivity index (χ2n) is 7.81. The lowest BCUT2D eigenvalue weighted by Crippen LogP contribution is -2.41.